The topological polar surface area (TPSA) is 290 Å². The molecule has 0 aliphatic carbocycles. The number of hydrogen-bond donors (Lipinski definition) is 2. The van der Waals surface area contributed by atoms with Crippen LogP contribution < -0.4 is 18.9 Å². The summed E-state index contributed by atoms with van der Waals surface area (Å²) in [6.45, 7) is 28.2. The van der Waals surface area contributed by atoms with Gasteiger partial charge in [0.05, 0.1) is 264 Å². The van der Waals surface area contributed by atoms with E-state index in [1.54, 1.807) is 0 Å². The highest BCUT2D eigenvalue weighted by Gasteiger charge is 2.08. The van der Waals surface area contributed by atoms with Crippen molar-refractivity contribution in [2.75, 3.05) is 303 Å². The molecule has 5 aromatic rings. The smallest absolute Gasteiger partial charge is 0.126 e. The molecule has 0 atom stereocenters. The van der Waals surface area contributed by atoms with E-state index in [0.717, 1.165) is 48.1 Å². The first-order chi connectivity index (χ1) is 56.0. The zero-order valence-electron chi connectivity index (χ0n) is 67.0. The highest BCUT2D eigenvalue weighted by Crippen LogP contribution is 2.29. The normalized spacial score (nSPS) is 10.8. The van der Waals surface area contributed by atoms with E-state index in [2.05, 4.69) is 29.8 Å². The Morgan fingerprint density at radius 1 is 0.205 bits per heavy atom. The molecular formula is C87H147BrO29. The predicted octanol–water partition coefficient (Wildman–Crippen LogP) is 12.9. The third-order valence-corrected chi connectivity index (χ3v) is 14.6. The minimum Gasteiger partial charge on any atom is -0.508 e. The molecule has 0 aliphatic heterocycles. The fourth-order valence-corrected chi connectivity index (χ4v) is 9.08. The van der Waals surface area contributed by atoms with Crippen molar-refractivity contribution in [1.82, 2.24) is 0 Å². The first-order valence-electron chi connectivity index (χ1n) is 39.2. The molecule has 676 valence electrons. The summed E-state index contributed by atoms with van der Waals surface area (Å²) in [5.41, 5.74) is 3.37. The van der Waals surface area contributed by atoms with Gasteiger partial charge >= 0.3 is 0 Å². The van der Waals surface area contributed by atoms with E-state index in [-0.39, 0.29) is 41.2 Å². The average molecular weight is 1740 g/mol. The summed E-state index contributed by atoms with van der Waals surface area (Å²) in [6.07, 6.45) is 2.02. The Bertz CT molecular complexity index is 2630. The van der Waals surface area contributed by atoms with E-state index < -0.39 is 0 Å². The van der Waals surface area contributed by atoms with Crippen LogP contribution in [0.1, 0.15) is 73.1 Å². The van der Waals surface area contributed by atoms with Gasteiger partial charge in [0.2, 0.25) is 0 Å². The summed E-state index contributed by atoms with van der Waals surface area (Å²) in [4.78, 5) is 10.1. The van der Waals surface area contributed by atoms with Crippen molar-refractivity contribution in [1.29, 1.82) is 0 Å². The third-order valence-electron chi connectivity index (χ3n) is 14.3. The molecule has 0 amide bonds. The molecule has 0 bridgehead atoms. The monoisotopic (exact) mass is 1730 g/mol. The lowest BCUT2D eigenvalue weighted by Crippen LogP contribution is -2.15. The van der Waals surface area contributed by atoms with E-state index >= 15 is 0 Å². The van der Waals surface area contributed by atoms with Crippen LogP contribution >= 0.6 is 15.9 Å². The van der Waals surface area contributed by atoms with Crippen LogP contribution in [-0.2, 0) is 129 Å². The lowest BCUT2D eigenvalue weighted by atomic mass is 10.2. The van der Waals surface area contributed by atoms with E-state index in [4.69, 9.17) is 128 Å². The van der Waals surface area contributed by atoms with E-state index in [1.165, 1.54) is 18.2 Å². The molecular weight excluding hydrogens is 1590 g/mol. The second-order valence-corrected chi connectivity index (χ2v) is 24.5. The van der Waals surface area contributed by atoms with Crippen LogP contribution in [0.15, 0.2) is 127 Å². The van der Waals surface area contributed by atoms with Gasteiger partial charge in [-0.25, -0.2) is 9.78 Å². The lowest BCUT2D eigenvalue weighted by molar-refractivity contribution is -0.308. The van der Waals surface area contributed by atoms with Crippen LogP contribution in [0.2, 0.25) is 0 Å². The molecule has 0 aromatic heterocycles. The number of hydrogen-bond acceptors (Lipinski definition) is 29. The van der Waals surface area contributed by atoms with Gasteiger partial charge < -0.3 is 129 Å². The first kappa shape index (κ1) is 114. The Kier molecular flexibility index (Phi) is 88.5. The Labute approximate surface area is 708 Å². The fourth-order valence-electron chi connectivity index (χ4n) is 8.85. The quantitative estimate of drug-likeness (QED) is 0.0158. The SMILES string of the molecule is BrCCOCCOCCOCCOOCc1ccccc1.C.C.C.C.CCCOCCOCCOCCOCCOc1cc(O)cc(O)c1.CCCOCCOCCOCCOCCOc1cc(OCCOCCOCCOCCOCCOCc2ccccc2)cc(OCCOCCOCCOCCOCCOCc2ccccc2)c1. The number of phenolic OH excluding ortho intramolecular Hbond substituents is 2. The molecule has 117 heavy (non-hydrogen) atoms. The summed E-state index contributed by atoms with van der Waals surface area (Å²) >= 11 is 3.28. The van der Waals surface area contributed by atoms with E-state index in [1.807, 2.05) is 109 Å². The maximum Gasteiger partial charge on any atom is 0.126 e. The second kappa shape index (κ2) is 91.2. The maximum absolute atomic E-state index is 9.30. The number of phenols is 2. The van der Waals surface area contributed by atoms with Gasteiger partial charge in [-0.2, -0.15) is 0 Å². The minimum atomic E-state index is -0.0431. The van der Waals surface area contributed by atoms with Crippen molar-refractivity contribution in [2.24, 2.45) is 0 Å². The maximum atomic E-state index is 9.30. The Balaban J connectivity index is 0. The van der Waals surface area contributed by atoms with Gasteiger partial charge in [-0.1, -0.05) is 150 Å². The highest BCUT2D eigenvalue weighted by molar-refractivity contribution is 9.09. The van der Waals surface area contributed by atoms with Gasteiger partial charge in [-0.05, 0) is 29.5 Å². The van der Waals surface area contributed by atoms with Crippen molar-refractivity contribution in [2.45, 2.75) is 76.2 Å². The molecule has 2 N–H and O–H groups in total. The molecule has 0 radical (unpaired) electrons. The predicted molar refractivity (Wildman–Crippen MR) is 454 cm³/mol. The van der Waals surface area contributed by atoms with Gasteiger partial charge in [0.1, 0.15) is 74.1 Å². The van der Waals surface area contributed by atoms with Crippen molar-refractivity contribution < 1.29 is 138 Å². The Hall–Kier alpha value is -5.54. The van der Waals surface area contributed by atoms with Gasteiger partial charge in [0.25, 0.3) is 0 Å². The van der Waals surface area contributed by atoms with Crippen LogP contribution in [0.25, 0.3) is 0 Å². The summed E-state index contributed by atoms with van der Waals surface area (Å²) in [6, 6.07) is 39.5. The third kappa shape index (κ3) is 77.5. The molecule has 0 fully saturated rings. The van der Waals surface area contributed by atoms with E-state index in [0.29, 0.717) is 327 Å². The van der Waals surface area contributed by atoms with Crippen molar-refractivity contribution in [3.8, 4) is 34.5 Å². The number of benzene rings is 5. The van der Waals surface area contributed by atoms with Crippen molar-refractivity contribution in [3.05, 3.63) is 144 Å². The molecule has 30 heteroatoms. The summed E-state index contributed by atoms with van der Waals surface area (Å²) in [5.74, 6) is 2.07. The molecule has 5 aromatic carbocycles. The van der Waals surface area contributed by atoms with E-state index in [9.17, 15) is 10.2 Å². The number of rotatable bonds is 80. The lowest BCUT2D eigenvalue weighted by Gasteiger charge is -2.14. The summed E-state index contributed by atoms with van der Waals surface area (Å²) < 4.78 is 139. The molecule has 0 saturated carbocycles. The van der Waals surface area contributed by atoms with Crippen LogP contribution in [0.3, 0.4) is 0 Å². The van der Waals surface area contributed by atoms with Crippen molar-refractivity contribution >= 4 is 15.9 Å². The van der Waals surface area contributed by atoms with Crippen LogP contribution in [0, 0.1) is 0 Å². The number of ether oxygens (including phenoxy) is 25. The van der Waals surface area contributed by atoms with Crippen molar-refractivity contribution in [3.63, 3.8) is 0 Å². The molecule has 0 unspecified atom stereocenters. The Morgan fingerprint density at radius 2 is 0.402 bits per heavy atom. The molecule has 0 heterocycles. The zero-order chi connectivity index (χ0) is 80.2. The summed E-state index contributed by atoms with van der Waals surface area (Å²) in [7, 11) is 0. The standard InChI is InChI=1S/C51H80O17.C17H28O7.C15H23BrO5.4CH4/c1-2-13-52-14-15-53-16-17-56-26-29-61-36-39-66-49-42-50(67-40-37-62-30-27-57-20-18-54-22-24-59-32-34-64-45-47-9-5-3-6-10-47)44-51(43-49)68-41-38-63-31-28-58-21-19-55-23-25-60-33-35-65-46-48-11-7-4-8-12-48;1-2-3-20-4-5-21-6-7-22-8-9-23-10-11-24-17-13-15(18)12-16(19)14-17;16-6-7-17-8-9-18-10-11-19-12-13-20-21-14-15-4-2-1-3-5-15;;;;/h3-12,42-44H,2,13-41,45-46H2,1H3;12-14,18-19H,2-11H2,1H3;1-5H,6-14H2;4*1H4. The summed E-state index contributed by atoms with van der Waals surface area (Å²) in [5, 5.41) is 19.5. The Morgan fingerprint density at radius 3 is 0.641 bits per heavy atom. The van der Waals surface area contributed by atoms with Crippen LogP contribution in [-0.4, -0.2) is 313 Å². The number of aromatic hydroxyl groups is 2. The first-order valence-corrected chi connectivity index (χ1v) is 40.3. The average Bonchev–Trinajstić information content (AvgIpc) is 0.890. The second-order valence-electron chi connectivity index (χ2n) is 23.7. The van der Waals surface area contributed by atoms with Crippen LogP contribution in [0.4, 0.5) is 0 Å². The molecule has 5 rings (SSSR count). The van der Waals surface area contributed by atoms with Gasteiger partial charge in [-0.3, -0.25) is 0 Å². The molecule has 0 saturated heterocycles. The molecule has 29 nitrogen and oxygen atoms in total. The van der Waals surface area contributed by atoms with Gasteiger partial charge in [0.15, 0.2) is 0 Å². The zero-order valence-corrected chi connectivity index (χ0v) is 68.6. The largest absolute Gasteiger partial charge is 0.508 e. The van der Waals surface area contributed by atoms with Gasteiger partial charge in [0, 0.05) is 54.9 Å². The molecule has 0 aliphatic rings. The van der Waals surface area contributed by atoms with Crippen LogP contribution in [0.5, 0.6) is 34.5 Å². The number of alkyl halides is 1. The molecule has 0 spiro atoms. The fraction of sp³-hybridized carbons (Fsp3) is 0.655. The highest BCUT2D eigenvalue weighted by atomic mass is 79.9. The number of halogens is 1. The minimum absolute atomic E-state index is 0. The van der Waals surface area contributed by atoms with Gasteiger partial charge in [-0.15, -0.1) is 0 Å².